The Morgan fingerprint density at radius 1 is 1.38 bits per heavy atom. The second-order valence-corrected chi connectivity index (χ2v) is 6.61. The standard InChI is InChI=1S/C17H21F2N3O2/c1-17(2,3)15(9-22-7-6-20-11-22)21-16(23)10-24-14-5-4-12(18)8-13(14)19/h4-8,11,15H,9-10H2,1-3H3,(H,21,23)/t15-/m1/s1. The smallest absolute Gasteiger partial charge is 0.258 e. The van der Waals surface area contributed by atoms with E-state index in [-0.39, 0.29) is 29.7 Å². The number of amides is 1. The molecule has 0 unspecified atom stereocenters. The lowest BCUT2D eigenvalue weighted by Gasteiger charge is -2.31. The van der Waals surface area contributed by atoms with Crippen LogP contribution in [-0.2, 0) is 11.3 Å². The number of nitrogens with one attached hydrogen (secondary N) is 1. The fraction of sp³-hybridized carbons (Fsp3) is 0.412. The molecule has 0 radical (unpaired) electrons. The van der Waals surface area contributed by atoms with Gasteiger partial charge in [0.2, 0.25) is 0 Å². The molecule has 24 heavy (non-hydrogen) atoms. The van der Waals surface area contributed by atoms with Gasteiger partial charge in [0.05, 0.1) is 12.4 Å². The van der Waals surface area contributed by atoms with E-state index in [9.17, 15) is 13.6 Å². The van der Waals surface area contributed by atoms with Gasteiger partial charge in [0.1, 0.15) is 5.82 Å². The lowest BCUT2D eigenvalue weighted by molar-refractivity contribution is -0.124. The number of rotatable bonds is 6. The molecule has 1 heterocycles. The van der Waals surface area contributed by atoms with Gasteiger partial charge in [0.15, 0.2) is 18.2 Å². The van der Waals surface area contributed by atoms with Gasteiger partial charge >= 0.3 is 0 Å². The summed E-state index contributed by atoms with van der Waals surface area (Å²) in [7, 11) is 0. The van der Waals surface area contributed by atoms with Crippen molar-refractivity contribution in [2.45, 2.75) is 33.4 Å². The molecule has 2 aromatic rings. The van der Waals surface area contributed by atoms with Crippen LogP contribution >= 0.6 is 0 Å². The fourth-order valence-corrected chi connectivity index (χ4v) is 2.11. The maximum atomic E-state index is 13.5. The van der Waals surface area contributed by atoms with E-state index in [1.807, 2.05) is 31.5 Å². The number of halogens is 2. The Morgan fingerprint density at radius 2 is 2.12 bits per heavy atom. The molecule has 2 rings (SSSR count). The van der Waals surface area contributed by atoms with Crippen LogP contribution in [0.1, 0.15) is 20.8 Å². The highest BCUT2D eigenvalue weighted by Crippen LogP contribution is 2.21. The molecule has 0 saturated heterocycles. The Morgan fingerprint density at radius 3 is 2.71 bits per heavy atom. The molecule has 0 aliphatic rings. The highest BCUT2D eigenvalue weighted by molar-refractivity contribution is 5.77. The largest absolute Gasteiger partial charge is 0.481 e. The molecule has 0 saturated carbocycles. The SMILES string of the molecule is CC(C)(C)[C@@H](Cn1ccnc1)NC(=O)COc1ccc(F)cc1F. The molecule has 5 nitrogen and oxygen atoms in total. The topological polar surface area (TPSA) is 56.2 Å². The first-order valence-electron chi connectivity index (χ1n) is 7.58. The summed E-state index contributed by atoms with van der Waals surface area (Å²) in [5.74, 6) is -2.07. The molecular formula is C17H21F2N3O2. The van der Waals surface area contributed by atoms with Gasteiger partial charge in [-0.1, -0.05) is 20.8 Å². The number of imidazole rings is 1. The number of hydrogen-bond donors (Lipinski definition) is 1. The average molecular weight is 337 g/mol. The molecule has 1 atom stereocenters. The first-order valence-corrected chi connectivity index (χ1v) is 7.58. The summed E-state index contributed by atoms with van der Waals surface area (Å²) in [4.78, 5) is 16.1. The lowest BCUT2D eigenvalue weighted by Crippen LogP contribution is -2.47. The van der Waals surface area contributed by atoms with Gasteiger partial charge in [0.25, 0.3) is 5.91 Å². The third kappa shape index (κ3) is 5.04. The Labute approximate surface area is 139 Å². The van der Waals surface area contributed by atoms with Crippen LogP contribution in [0.15, 0.2) is 36.9 Å². The lowest BCUT2D eigenvalue weighted by atomic mass is 9.86. The van der Waals surface area contributed by atoms with Gasteiger partial charge in [-0.05, 0) is 17.5 Å². The molecule has 0 bridgehead atoms. The minimum atomic E-state index is -0.839. The van der Waals surface area contributed by atoms with Crippen LogP contribution < -0.4 is 10.1 Å². The van der Waals surface area contributed by atoms with Crippen LogP contribution in [-0.4, -0.2) is 28.1 Å². The van der Waals surface area contributed by atoms with Crippen molar-refractivity contribution in [2.24, 2.45) is 5.41 Å². The Kier molecular flexibility index (Phi) is 5.54. The van der Waals surface area contributed by atoms with E-state index in [4.69, 9.17) is 4.74 Å². The predicted molar refractivity (Wildman–Crippen MR) is 85.5 cm³/mol. The molecule has 7 heteroatoms. The third-order valence-electron chi connectivity index (χ3n) is 3.59. The van der Waals surface area contributed by atoms with E-state index < -0.39 is 11.6 Å². The van der Waals surface area contributed by atoms with Crippen molar-refractivity contribution >= 4 is 5.91 Å². The van der Waals surface area contributed by atoms with E-state index in [0.717, 1.165) is 12.1 Å². The Bertz CT molecular complexity index is 682. The van der Waals surface area contributed by atoms with Gasteiger partial charge in [0, 0.05) is 25.0 Å². The first kappa shape index (κ1) is 17.9. The minimum absolute atomic E-state index is 0.159. The molecule has 0 aliphatic heterocycles. The van der Waals surface area contributed by atoms with Crippen molar-refractivity contribution in [2.75, 3.05) is 6.61 Å². The van der Waals surface area contributed by atoms with Crippen LogP contribution in [0.4, 0.5) is 8.78 Å². The van der Waals surface area contributed by atoms with Crippen molar-refractivity contribution in [1.82, 2.24) is 14.9 Å². The Balaban J connectivity index is 1.95. The first-order chi connectivity index (χ1) is 11.3. The van der Waals surface area contributed by atoms with Crippen LogP contribution in [0.3, 0.4) is 0 Å². The van der Waals surface area contributed by atoms with Crippen LogP contribution in [0, 0.1) is 17.0 Å². The number of nitrogens with zero attached hydrogens (tertiary/aromatic N) is 2. The maximum absolute atomic E-state index is 13.5. The molecule has 1 aromatic carbocycles. The summed E-state index contributed by atoms with van der Waals surface area (Å²) < 4.78 is 33.3. The predicted octanol–water partition coefficient (Wildman–Crippen LogP) is 2.77. The summed E-state index contributed by atoms with van der Waals surface area (Å²) in [6.07, 6.45) is 5.16. The van der Waals surface area contributed by atoms with E-state index in [2.05, 4.69) is 10.3 Å². The van der Waals surface area contributed by atoms with E-state index >= 15 is 0 Å². The zero-order valence-corrected chi connectivity index (χ0v) is 13.9. The molecule has 1 N–H and O–H groups in total. The van der Waals surface area contributed by atoms with E-state index in [0.29, 0.717) is 12.6 Å². The normalized spacial score (nSPS) is 12.7. The monoisotopic (exact) mass is 337 g/mol. The highest BCUT2D eigenvalue weighted by atomic mass is 19.1. The van der Waals surface area contributed by atoms with Crippen LogP contribution in [0.5, 0.6) is 5.75 Å². The summed E-state index contributed by atoms with van der Waals surface area (Å²) in [6, 6.07) is 2.78. The van der Waals surface area contributed by atoms with Crippen molar-refractivity contribution < 1.29 is 18.3 Å². The van der Waals surface area contributed by atoms with Crippen molar-refractivity contribution in [3.05, 3.63) is 48.6 Å². The molecule has 0 spiro atoms. The van der Waals surface area contributed by atoms with Crippen molar-refractivity contribution in [1.29, 1.82) is 0 Å². The number of carbonyl (C=O) groups excluding carboxylic acids is 1. The Hall–Kier alpha value is -2.44. The number of aromatic nitrogens is 2. The molecule has 130 valence electrons. The number of ether oxygens (including phenoxy) is 1. The second-order valence-electron chi connectivity index (χ2n) is 6.61. The number of benzene rings is 1. The van der Waals surface area contributed by atoms with Gasteiger partial charge in [-0.15, -0.1) is 0 Å². The maximum Gasteiger partial charge on any atom is 0.258 e. The molecule has 0 aliphatic carbocycles. The molecular weight excluding hydrogens is 316 g/mol. The number of carbonyl (C=O) groups is 1. The highest BCUT2D eigenvalue weighted by Gasteiger charge is 2.26. The van der Waals surface area contributed by atoms with Crippen LogP contribution in [0.2, 0.25) is 0 Å². The fourth-order valence-electron chi connectivity index (χ4n) is 2.11. The van der Waals surface area contributed by atoms with E-state index in [1.165, 1.54) is 0 Å². The summed E-state index contributed by atoms with van der Waals surface area (Å²) >= 11 is 0. The summed E-state index contributed by atoms with van der Waals surface area (Å²) in [6.45, 7) is 6.24. The molecule has 0 fully saturated rings. The van der Waals surface area contributed by atoms with Crippen LogP contribution in [0.25, 0.3) is 0 Å². The van der Waals surface area contributed by atoms with Gasteiger partial charge in [-0.3, -0.25) is 4.79 Å². The zero-order chi connectivity index (χ0) is 17.7. The van der Waals surface area contributed by atoms with Crippen molar-refractivity contribution in [3.8, 4) is 5.75 Å². The average Bonchev–Trinajstić information content (AvgIpc) is 2.98. The van der Waals surface area contributed by atoms with Gasteiger partial charge in [-0.2, -0.15) is 0 Å². The van der Waals surface area contributed by atoms with E-state index in [1.54, 1.807) is 12.5 Å². The summed E-state index contributed by atoms with van der Waals surface area (Å²) in [5.41, 5.74) is -0.193. The zero-order valence-electron chi connectivity index (χ0n) is 13.9. The molecule has 1 amide bonds. The quantitative estimate of drug-likeness (QED) is 0.882. The summed E-state index contributed by atoms with van der Waals surface area (Å²) in [5, 5.41) is 2.89. The van der Waals surface area contributed by atoms with Gasteiger partial charge in [-0.25, -0.2) is 13.8 Å². The third-order valence-corrected chi connectivity index (χ3v) is 3.59. The number of hydrogen-bond acceptors (Lipinski definition) is 3. The molecule has 1 aromatic heterocycles. The second kappa shape index (κ2) is 7.42. The van der Waals surface area contributed by atoms with Gasteiger partial charge < -0.3 is 14.6 Å². The minimum Gasteiger partial charge on any atom is -0.481 e. The van der Waals surface area contributed by atoms with Crippen molar-refractivity contribution in [3.63, 3.8) is 0 Å².